The molecule has 2 aromatic rings. The van der Waals surface area contributed by atoms with E-state index < -0.39 is 0 Å². The van der Waals surface area contributed by atoms with E-state index in [-0.39, 0.29) is 5.91 Å². The first-order valence-electron chi connectivity index (χ1n) is 7.66. The van der Waals surface area contributed by atoms with Crippen LogP contribution in [-0.2, 0) is 11.2 Å². The quantitative estimate of drug-likeness (QED) is 0.875. The minimum Gasteiger partial charge on any atom is -0.369 e. The molecule has 6 nitrogen and oxygen atoms in total. The van der Waals surface area contributed by atoms with Gasteiger partial charge in [0.1, 0.15) is 17.0 Å². The summed E-state index contributed by atoms with van der Waals surface area (Å²) in [5, 5.41) is 4.66. The van der Waals surface area contributed by atoms with Crippen molar-refractivity contribution >= 4 is 33.3 Å². The van der Waals surface area contributed by atoms with Gasteiger partial charge in [-0.25, -0.2) is 9.97 Å². The number of aryl methyl sites for hydroxylation is 1. The fraction of sp³-hybridized carbons (Fsp3) is 0.533. The van der Waals surface area contributed by atoms with E-state index in [9.17, 15) is 4.79 Å². The van der Waals surface area contributed by atoms with Gasteiger partial charge in [-0.05, 0) is 25.3 Å². The van der Waals surface area contributed by atoms with Gasteiger partial charge in [-0.2, -0.15) is 0 Å². The van der Waals surface area contributed by atoms with Crippen molar-refractivity contribution in [2.45, 2.75) is 32.2 Å². The number of carbonyl (C=O) groups is 1. The number of anilines is 1. The Hall–Kier alpha value is -1.73. The Morgan fingerprint density at radius 1 is 1.45 bits per heavy atom. The summed E-state index contributed by atoms with van der Waals surface area (Å²) in [4.78, 5) is 24.2. The highest BCUT2D eigenvalue weighted by atomic mass is 32.1. The molecule has 3 heterocycles. The summed E-state index contributed by atoms with van der Waals surface area (Å²) in [6.45, 7) is 4.28. The Balaban J connectivity index is 1.67. The first-order valence-corrected chi connectivity index (χ1v) is 8.48. The molecule has 118 valence electrons. The topological polar surface area (TPSA) is 84.1 Å². The van der Waals surface area contributed by atoms with Crippen molar-refractivity contribution in [3.05, 3.63) is 17.3 Å². The van der Waals surface area contributed by atoms with Crippen molar-refractivity contribution in [3.63, 3.8) is 0 Å². The van der Waals surface area contributed by atoms with Gasteiger partial charge in [0.15, 0.2) is 0 Å². The molecule has 1 saturated heterocycles. The summed E-state index contributed by atoms with van der Waals surface area (Å²) in [5.41, 5.74) is 5.25. The van der Waals surface area contributed by atoms with E-state index in [1.807, 2.05) is 0 Å². The fourth-order valence-corrected chi connectivity index (χ4v) is 3.78. The van der Waals surface area contributed by atoms with Crippen LogP contribution in [0, 0.1) is 0 Å². The molecule has 1 aliphatic heterocycles. The van der Waals surface area contributed by atoms with Crippen molar-refractivity contribution in [2.24, 2.45) is 5.73 Å². The molecule has 3 rings (SSSR count). The Morgan fingerprint density at radius 3 is 2.91 bits per heavy atom. The molecule has 0 bridgehead atoms. The molecule has 22 heavy (non-hydrogen) atoms. The number of primary amides is 1. The van der Waals surface area contributed by atoms with Gasteiger partial charge in [0, 0.05) is 24.0 Å². The predicted octanol–water partition coefficient (Wildman–Crippen LogP) is 1.62. The van der Waals surface area contributed by atoms with E-state index in [0.717, 1.165) is 48.4 Å². The molecule has 0 saturated carbocycles. The van der Waals surface area contributed by atoms with Crippen LogP contribution in [0.25, 0.3) is 10.2 Å². The monoisotopic (exact) mass is 319 g/mol. The lowest BCUT2D eigenvalue weighted by atomic mass is 10.0. The second-order valence-corrected chi connectivity index (χ2v) is 6.78. The van der Waals surface area contributed by atoms with Crippen LogP contribution in [0.4, 0.5) is 5.82 Å². The molecule has 7 heteroatoms. The van der Waals surface area contributed by atoms with Gasteiger partial charge in [0.25, 0.3) is 0 Å². The lowest BCUT2D eigenvalue weighted by Gasteiger charge is -2.31. The third-order valence-corrected chi connectivity index (χ3v) is 5.22. The van der Waals surface area contributed by atoms with Crippen LogP contribution >= 0.6 is 11.3 Å². The molecule has 0 aliphatic carbocycles. The highest BCUT2D eigenvalue weighted by Gasteiger charge is 2.21. The third kappa shape index (κ3) is 3.36. The summed E-state index contributed by atoms with van der Waals surface area (Å²) in [6, 6.07) is 2.57. The average molecular weight is 319 g/mol. The number of hydrogen-bond donors (Lipinski definition) is 2. The summed E-state index contributed by atoms with van der Waals surface area (Å²) < 4.78 is 0. The number of piperidine rings is 1. The average Bonchev–Trinajstić information content (AvgIpc) is 2.93. The second-order valence-electron chi connectivity index (χ2n) is 5.67. The number of carbonyl (C=O) groups excluding carboxylic acids is 1. The van der Waals surface area contributed by atoms with Crippen LogP contribution in [0.5, 0.6) is 0 Å². The van der Waals surface area contributed by atoms with Crippen LogP contribution in [0.3, 0.4) is 0 Å². The highest BCUT2D eigenvalue weighted by molar-refractivity contribution is 7.18. The Bertz CT molecular complexity index is 663. The lowest BCUT2D eigenvalue weighted by molar-refractivity contribution is -0.119. The molecule has 0 spiro atoms. The van der Waals surface area contributed by atoms with Gasteiger partial charge in [0.05, 0.1) is 11.9 Å². The number of hydrogen-bond acceptors (Lipinski definition) is 6. The summed E-state index contributed by atoms with van der Waals surface area (Å²) in [7, 11) is 0. The van der Waals surface area contributed by atoms with E-state index in [1.165, 1.54) is 4.88 Å². The minimum absolute atomic E-state index is 0.255. The highest BCUT2D eigenvalue weighted by Crippen LogP contribution is 2.29. The molecule has 3 N–H and O–H groups in total. The zero-order valence-corrected chi connectivity index (χ0v) is 13.5. The summed E-state index contributed by atoms with van der Waals surface area (Å²) in [6.07, 6.45) is 4.63. The standard InChI is InChI=1S/C15H21N5OS/c1-2-11-7-12-14(17-9-18-15(12)22-11)19-10-3-5-20(6-4-10)8-13(16)21/h7,9-10H,2-6,8H2,1H3,(H2,16,21)(H,17,18,19). The maximum Gasteiger partial charge on any atom is 0.231 e. The van der Waals surface area contributed by atoms with Crippen LogP contribution in [0.2, 0.25) is 0 Å². The maximum absolute atomic E-state index is 11.0. The molecule has 1 aliphatic rings. The van der Waals surface area contributed by atoms with Gasteiger partial charge in [-0.1, -0.05) is 6.92 Å². The number of amides is 1. The minimum atomic E-state index is -0.255. The van der Waals surface area contributed by atoms with E-state index in [0.29, 0.717) is 12.6 Å². The smallest absolute Gasteiger partial charge is 0.231 e. The normalized spacial score (nSPS) is 17.0. The Kier molecular flexibility index (Phi) is 4.54. The molecule has 0 radical (unpaired) electrons. The van der Waals surface area contributed by atoms with Gasteiger partial charge < -0.3 is 11.1 Å². The number of nitrogens with zero attached hydrogens (tertiary/aromatic N) is 3. The second kappa shape index (κ2) is 6.58. The van der Waals surface area contributed by atoms with E-state index in [4.69, 9.17) is 5.73 Å². The van der Waals surface area contributed by atoms with Crippen molar-refractivity contribution in [1.29, 1.82) is 0 Å². The van der Waals surface area contributed by atoms with E-state index >= 15 is 0 Å². The number of nitrogens with one attached hydrogen (secondary N) is 1. The lowest BCUT2D eigenvalue weighted by Crippen LogP contribution is -2.43. The predicted molar refractivity (Wildman–Crippen MR) is 89.1 cm³/mol. The Labute approximate surface area is 133 Å². The van der Waals surface area contributed by atoms with Crippen molar-refractivity contribution in [1.82, 2.24) is 14.9 Å². The number of rotatable bonds is 5. The largest absolute Gasteiger partial charge is 0.369 e. The van der Waals surface area contributed by atoms with E-state index in [2.05, 4.69) is 33.2 Å². The zero-order valence-electron chi connectivity index (χ0n) is 12.7. The van der Waals surface area contributed by atoms with Crippen LogP contribution < -0.4 is 11.1 Å². The van der Waals surface area contributed by atoms with Crippen LogP contribution in [0.1, 0.15) is 24.6 Å². The summed E-state index contributed by atoms with van der Waals surface area (Å²) >= 11 is 1.73. The molecule has 2 aromatic heterocycles. The fourth-order valence-electron chi connectivity index (χ4n) is 2.84. The molecule has 0 aromatic carbocycles. The molecule has 0 unspecified atom stereocenters. The third-order valence-electron chi connectivity index (χ3n) is 4.04. The molecular formula is C15H21N5OS. The van der Waals surface area contributed by atoms with Crippen molar-refractivity contribution < 1.29 is 4.79 Å². The van der Waals surface area contributed by atoms with Crippen LogP contribution in [0.15, 0.2) is 12.4 Å². The Morgan fingerprint density at radius 2 is 2.23 bits per heavy atom. The number of likely N-dealkylation sites (tertiary alicyclic amines) is 1. The number of aromatic nitrogens is 2. The molecule has 0 atom stereocenters. The van der Waals surface area contributed by atoms with E-state index in [1.54, 1.807) is 17.7 Å². The van der Waals surface area contributed by atoms with Crippen molar-refractivity contribution in [2.75, 3.05) is 25.0 Å². The number of thiophene rings is 1. The maximum atomic E-state index is 11.0. The van der Waals surface area contributed by atoms with Gasteiger partial charge in [0.2, 0.25) is 5.91 Å². The van der Waals surface area contributed by atoms with Gasteiger partial charge >= 0.3 is 0 Å². The number of fused-ring (bicyclic) bond motifs is 1. The molecular weight excluding hydrogens is 298 g/mol. The van der Waals surface area contributed by atoms with Crippen molar-refractivity contribution in [3.8, 4) is 0 Å². The summed E-state index contributed by atoms with van der Waals surface area (Å²) in [5.74, 6) is 0.670. The molecule has 1 fully saturated rings. The van der Waals surface area contributed by atoms with Gasteiger partial charge in [-0.15, -0.1) is 11.3 Å². The van der Waals surface area contributed by atoms with Crippen LogP contribution in [-0.4, -0.2) is 46.5 Å². The first kappa shape index (κ1) is 15.2. The molecule has 1 amide bonds. The number of nitrogens with two attached hydrogens (primary N) is 1. The first-order chi connectivity index (χ1) is 10.7. The SMILES string of the molecule is CCc1cc2c(NC3CCN(CC(N)=O)CC3)ncnc2s1. The van der Waals surface area contributed by atoms with Gasteiger partial charge in [-0.3, -0.25) is 9.69 Å². The zero-order chi connectivity index (χ0) is 15.5.